The molecule has 0 atom stereocenters. The minimum absolute atomic E-state index is 0.580. The van der Waals surface area contributed by atoms with Gasteiger partial charge in [0.05, 0.1) is 17.0 Å². The fourth-order valence-electron chi connectivity index (χ4n) is 9.82. The Morgan fingerprint density at radius 1 is 0.317 bits per heavy atom. The van der Waals surface area contributed by atoms with Gasteiger partial charge in [-0.3, -0.25) is 4.98 Å². The Balaban J connectivity index is 1.07. The molecule has 0 saturated carbocycles. The highest BCUT2D eigenvalue weighted by Gasteiger charge is 2.51. The van der Waals surface area contributed by atoms with Crippen LogP contribution in [0.2, 0.25) is 0 Å². The lowest BCUT2D eigenvalue weighted by Gasteiger charge is -2.30. The number of rotatable bonds is 6. The number of hydrogen-bond acceptors (Lipinski definition) is 5. The first-order valence-electron chi connectivity index (χ1n) is 21.1. The van der Waals surface area contributed by atoms with E-state index in [0.717, 1.165) is 61.2 Å². The van der Waals surface area contributed by atoms with Gasteiger partial charge in [0.25, 0.3) is 0 Å². The lowest BCUT2D eigenvalue weighted by atomic mass is 9.70. The average molecular weight is 802 g/mol. The monoisotopic (exact) mass is 801 g/mol. The largest absolute Gasteiger partial charge is 0.265 e. The molecule has 0 radical (unpaired) electrons. The summed E-state index contributed by atoms with van der Waals surface area (Å²) in [5.41, 5.74) is 18.7. The van der Waals surface area contributed by atoms with E-state index < -0.39 is 5.41 Å². The molecule has 5 nitrogen and oxygen atoms in total. The van der Waals surface area contributed by atoms with Crippen molar-refractivity contribution >= 4 is 0 Å². The summed E-state index contributed by atoms with van der Waals surface area (Å²) in [4.78, 5) is 19.8. The molecular weight excluding hydrogens is 767 g/mol. The third-order valence-electron chi connectivity index (χ3n) is 12.7. The zero-order valence-electron chi connectivity index (χ0n) is 33.9. The molecule has 292 valence electrons. The number of nitriles is 1. The molecule has 10 aromatic rings. The van der Waals surface area contributed by atoms with E-state index in [4.69, 9.17) is 15.0 Å². The van der Waals surface area contributed by atoms with Gasteiger partial charge in [0.1, 0.15) is 0 Å². The molecule has 0 fully saturated rings. The van der Waals surface area contributed by atoms with E-state index in [0.29, 0.717) is 23.0 Å². The highest BCUT2D eigenvalue weighted by Crippen LogP contribution is 2.63. The van der Waals surface area contributed by atoms with Crippen molar-refractivity contribution in [2.45, 2.75) is 5.41 Å². The van der Waals surface area contributed by atoms with Crippen LogP contribution in [0.1, 0.15) is 27.8 Å². The molecule has 8 aromatic carbocycles. The first-order chi connectivity index (χ1) is 31.2. The van der Waals surface area contributed by atoms with Crippen LogP contribution in [0.5, 0.6) is 0 Å². The Bertz CT molecular complexity index is 3400. The van der Waals surface area contributed by atoms with E-state index in [9.17, 15) is 5.26 Å². The summed E-state index contributed by atoms with van der Waals surface area (Å²) in [6.07, 6.45) is 3.66. The molecule has 1 spiro atoms. The van der Waals surface area contributed by atoms with Crippen molar-refractivity contribution in [3.05, 3.63) is 240 Å². The summed E-state index contributed by atoms with van der Waals surface area (Å²) in [6, 6.07) is 72.6. The molecule has 2 aliphatic carbocycles. The van der Waals surface area contributed by atoms with Crippen LogP contribution in [0, 0.1) is 11.3 Å². The van der Waals surface area contributed by atoms with Crippen molar-refractivity contribution in [2.24, 2.45) is 0 Å². The van der Waals surface area contributed by atoms with Crippen LogP contribution in [0.25, 0.3) is 89.8 Å². The van der Waals surface area contributed by atoms with Crippen molar-refractivity contribution in [1.82, 2.24) is 19.9 Å². The third-order valence-corrected chi connectivity index (χ3v) is 12.7. The number of nitrogens with zero attached hydrogens (tertiary/aromatic N) is 5. The van der Waals surface area contributed by atoms with Crippen LogP contribution in [0.4, 0.5) is 0 Å². The van der Waals surface area contributed by atoms with Crippen molar-refractivity contribution < 1.29 is 0 Å². The third kappa shape index (κ3) is 5.84. The van der Waals surface area contributed by atoms with Gasteiger partial charge in [-0.05, 0) is 126 Å². The maximum Gasteiger partial charge on any atom is 0.164 e. The van der Waals surface area contributed by atoms with Gasteiger partial charge in [0, 0.05) is 29.1 Å². The zero-order valence-corrected chi connectivity index (χ0v) is 33.9. The van der Waals surface area contributed by atoms with Crippen molar-refractivity contribution in [3.8, 4) is 95.9 Å². The molecule has 0 unspecified atom stereocenters. The van der Waals surface area contributed by atoms with E-state index in [2.05, 4.69) is 157 Å². The predicted octanol–water partition coefficient (Wildman–Crippen LogP) is 13.5. The summed E-state index contributed by atoms with van der Waals surface area (Å²) in [6.45, 7) is 0. The molecular formula is C58H35N5. The van der Waals surface area contributed by atoms with Crippen LogP contribution in [-0.2, 0) is 5.41 Å². The summed E-state index contributed by atoms with van der Waals surface area (Å²) < 4.78 is 0. The van der Waals surface area contributed by atoms with Gasteiger partial charge in [0.2, 0.25) is 0 Å². The van der Waals surface area contributed by atoms with Crippen molar-refractivity contribution in [2.75, 3.05) is 0 Å². The van der Waals surface area contributed by atoms with Crippen LogP contribution >= 0.6 is 0 Å². The molecule has 0 saturated heterocycles. The lowest BCUT2D eigenvalue weighted by molar-refractivity contribution is 0.793. The quantitative estimate of drug-likeness (QED) is 0.167. The smallest absolute Gasteiger partial charge is 0.164 e. The van der Waals surface area contributed by atoms with E-state index in [1.165, 1.54) is 33.4 Å². The van der Waals surface area contributed by atoms with Gasteiger partial charge in [-0.2, -0.15) is 5.26 Å². The van der Waals surface area contributed by atoms with E-state index >= 15 is 0 Å². The van der Waals surface area contributed by atoms with Crippen LogP contribution < -0.4 is 0 Å². The highest BCUT2D eigenvalue weighted by atomic mass is 15.0. The minimum atomic E-state index is -0.601. The Morgan fingerprint density at radius 3 is 1.38 bits per heavy atom. The first-order valence-corrected chi connectivity index (χ1v) is 21.1. The van der Waals surface area contributed by atoms with Gasteiger partial charge in [-0.25, -0.2) is 15.0 Å². The molecule has 63 heavy (non-hydrogen) atoms. The summed E-state index contributed by atoms with van der Waals surface area (Å²) in [5.74, 6) is 1.78. The topological polar surface area (TPSA) is 75.3 Å². The molecule has 2 aliphatic rings. The number of pyridine rings is 1. The molecule has 2 heterocycles. The first kappa shape index (κ1) is 36.3. The molecule has 2 aromatic heterocycles. The van der Waals surface area contributed by atoms with Gasteiger partial charge in [-0.15, -0.1) is 0 Å². The fraction of sp³-hybridized carbons (Fsp3) is 0.0172. The van der Waals surface area contributed by atoms with E-state index in [-0.39, 0.29) is 0 Å². The van der Waals surface area contributed by atoms with Gasteiger partial charge in [0.15, 0.2) is 17.5 Å². The highest BCUT2D eigenvalue weighted by molar-refractivity contribution is 5.96. The normalized spacial score (nSPS) is 12.6. The molecule has 0 amide bonds. The minimum Gasteiger partial charge on any atom is -0.265 e. The Kier molecular flexibility index (Phi) is 8.38. The van der Waals surface area contributed by atoms with E-state index in [1.54, 1.807) is 0 Å². The van der Waals surface area contributed by atoms with Crippen LogP contribution in [0.15, 0.2) is 213 Å². The maximum absolute atomic E-state index is 10.2. The summed E-state index contributed by atoms with van der Waals surface area (Å²) in [5, 5.41) is 10.2. The lowest BCUT2D eigenvalue weighted by Crippen LogP contribution is -2.26. The second-order valence-electron chi connectivity index (χ2n) is 16.1. The van der Waals surface area contributed by atoms with Crippen LogP contribution in [-0.4, -0.2) is 19.9 Å². The summed E-state index contributed by atoms with van der Waals surface area (Å²) in [7, 11) is 0. The molecule has 0 aliphatic heterocycles. The number of fused-ring (bicyclic) bond motifs is 10. The van der Waals surface area contributed by atoms with E-state index in [1.807, 2.05) is 67.0 Å². The second kappa shape index (κ2) is 14.6. The maximum atomic E-state index is 10.2. The Hall–Kier alpha value is -8.59. The van der Waals surface area contributed by atoms with Crippen LogP contribution in [0.3, 0.4) is 0 Å². The fourth-order valence-corrected chi connectivity index (χ4v) is 9.82. The average Bonchev–Trinajstić information content (AvgIpc) is 3.83. The Morgan fingerprint density at radius 2 is 0.746 bits per heavy atom. The van der Waals surface area contributed by atoms with Gasteiger partial charge >= 0.3 is 0 Å². The van der Waals surface area contributed by atoms with Crippen molar-refractivity contribution in [1.29, 1.82) is 5.26 Å². The molecule has 0 N–H and O–H groups in total. The molecule has 12 rings (SSSR count). The van der Waals surface area contributed by atoms with Gasteiger partial charge in [-0.1, -0.05) is 152 Å². The van der Waals surface area contributed by atoms with Gasteiger partial charge < -0.3 is 0 Å². The number of aromatic nitrogens is 4. The predicted molar refractivity (Wildman–Crippen MR) is 251 cm³/mol. The number of benzene rings is 8. The molecule has 0 bridgehead atoms. The standard InChI is InChI=1S/C58H35N5/c59-36-37-19-25-49-50-26-24-43(35-54(50)58(53(49)31-37)51-17-9-7-15-47(51)48-16-8-10-18-52(48)58)45-32-44(40-27-29-60-30-28-40)33-46(34-45)57-62-55(41-13-5-2-6-14-41)61-56(63-57)42-22-20-39(21-23-42)38-11-3-1-4-12-38/h1-35H. The second-order valence-corrected chi connectivity index (χ2v) is 16.1. The number of hydrogen-bond donors (Lipinski definition) is 0. The summed E-state index contributed by atoms with van der Waals surface area (Å²) >= 11 is 0. The molecule has 5 heteroatoms. The Labute approximate surface area is 365 Å². The zero-order chi connectivity index (χ0) is 41.9. The van der Waals surface area contributed by atoms with Crippen molar-refractivity contribution in [3.63, 3.8) is 0 Å². The SMILES string of the molecule is N#Cc1ccc2c(c1)C1(c3ccccc3-c3ccccc31)c1cc(-c3cc(-c4ccncc4)cc(-c4nc(-c5ccccc5)nc(-c5ccc(-c6ccccc6)cc5)n4)c3)ccc1-2.